The monoisotopic (exact) mass is 233 g/mol. The quantitative estimate of drug-likeness (QED) is 0.623. The van der Waals surface area contributed by atoms with Crippen LogP contribution in [0.5, 0.6) is 5.75 Å². The number of hydrogen-bond acceptors (Lipinski definition) is 2. The first-order valence-electron chi connectivity index (χ1n) is 5.19. The predicted octanol–water partition coefficient (Wildman–Crippen LogP) is 3.55. The molecule has 3 heteroatoms. The molecule has 17 heavy (non-hydrogen) atoms. The molecule has 0 saturated carbocycles. The van der Waals surface area contributed by atoms with Gasteiger partial charge in [0.05, 0.1) is 0 Å². The first kappa shape index (κ1) is 13.0. The molecule has 0 unspecified atom stereocenters. The Morgan fingerprint density at radius 3 is 2.82 bits per heavy atom. The second-order valence-electron chi connectivity index (χ2n) is 3.71. The summed E-state index contributed by atoms with van der Waals surface area (Å²) in [7, 11) is 0. The van der Waals surface area contributed by atoms with Gasteiger partial charge in [-0.05, 0) is 48.4 Å². The summed E-state index contributed by atoms with van der Waals surface area (Å²) in [6.07, 6.45) is 2.42. The highest BCUT2D eigenvalue weighted by molar-refractivity contribution is 5.47. The first-order chi connectivity index (χ1) is 8.02. The standard InChI is InChI=1S/C14H16FNO/c1-4-12(15)7-10(2)9-17-14-6-5-13(16)8-11(14)3/h4-8H,1-2,9,16H2,3H3/b12-7+. The molecule has 1 aromatic carbocycles. The van der Waals surface area contributed by atoms with E-state index >= 15 is 0 Å². The molecule has 0 atom stereocenters. The number of benzene rings is 1. The largest absolute Gasteiger partial charge is 0.489 e. The molecule has 0 radical (unpaired) electrons. The van der Waals surface area contributed by atoms with E-state index in [1.807, 2.05) is 13.0 Å². The van der Waals surface area contributed by atoms with Crippen LogP contribution in [-0.2, 0) is 0 Å². The van der Waals surface area contributed by atoms with E-state index in [1.54, 1.807) is 12.1 Å². The van der Waals surface area contributed by atoms with Crippen LogP contribution in [-0.4, -0.2) is 6.61 Å². The van der Waals surface area contributed by atoms with Crippen molar-refractivity contribution < 1.29 is 9.13 Å². The van der Waals surface area contributed by atoms with E-state index < -0.39 is 5.83 Å². The van der Waals surface area contributed by atoms with E-state index in [2.05, 4.69) is 13.2 Å². The van der Waals surface area contributed by atoms with Gasteiger partial charge in [0.1, 0.15) is 18.2 Å². The molecule has 2 nitrogen and oxygen atoms in total. The number of aryl methyl sites for hydroxylation is 1. The third-order valence-electron chi connectivity index (χ3n) is 2.15. The van der Waals surface area contributed by atoms with Crippen molar-refractivity contribution in [2.45, 2.75) is 6.92 Å². The van der Waals surface area contributed by atoms with Crippen LogP contribution in [0.4, 0.5) is 10.1 Å². The number of ether oxygens (including phenoxy) is 1. The molecule has 1 rings (SSSR count). The Kier molecular flexibility index (Phi) is 4.52. The molecular formula is C14H16FNO. The zero-order valence-electron chi connectivity index (χ0n) is 9.87. The lowest BCUT2D eigenvalue weighted by molar-refractivity contribution is 0.353. The highest BCUT2D eigenvalue weighted by Crippen LogP contribution is 2.20. The van der Waals surface area contributed by atoms with Crippen molar-refractivity contribution in [3.63, 3.8) is 0 Å². The maximum absolute atomic E-state index is 12.9. The van der Waals surface area contributed by atoms with E-state index in [1.165, 1.54) is 6.08 Å². The number of allylic oxidation sites excluding steroid dienone is 2. The van der Waals surface area contributed by atoms with Crippen molar-refractivity contribution in [2.24, 2.45) is 0 Å². The highest BCUT2D eigenvalue weighted by Gasteiger charge is 2.00. The SMILES string of the molecule is C=C/C(F)=C\C(=C)COc1ccc(N)cc1C. The number of hydrogen-bond donors (Lipinski definition) is 1. The molecule has 0 aromatic heterocycles. The maximum Gasteiger partial charge on any atom is 0.122 e. The summed E-state index contributed by atoms with van der Waals surface area (Å²) in [6, 6.07) is 5.36. The first-order valence-corrected chi connectivity index (χ1v) is 5.19. The summed E-state index contributed by atoms with van der Waals surface area (Å²) >= 11 is 0. The summed E-state index contributed by atoms with van der Waals surface area (Å²) in [6.45, 7) is 9.13. The van der Waals surface area contributed by atoms with E-state index in [0.717, 1.165) is 11.6 Å². The summed E-state index contributed by atoms with van der Waals surface area (Å²) in [4.78, 5) is 0. The van der Waals surface area contributed by atoms with Crippen LogP contribution >= 0.6 is 0 Å². The van der Waals surface area contributed by atoms with Gasteiger partial charge >= 0.3 is 0 Å². The van der Waals surface area contributed by atoms with Gasteiger partial charge in [-0.2, -0.15) is 0 Å². The number of nitrogens with two attached hydrogens (primary N) is 1. The molecule has 0 aliphatic heterocycles. The normalized spacial score (nSPS) is 11.1. The molecule has 0 spiro atoms. The summed E-state index contributed by atoms with van der Waals surface area (Å²) in [5, 5.41) is 0. The molecular weight excluding hydrogens is 217 g/mol. The van der Waals surface area contributed by atoms with Crippen molar-refractivity contribution in [3.05, 3.63) is 60.5 Å². The number of rotatable bonds is 5. The molecule has 1 aromatic rings. The van der Waals surface area contributed by atoms with Crippen molar-refractivity contribution in [1.29, 1.82) is 0 Å². The lowest BCUT2D eigenvalue weighted by atomic mass is 10.2. The maximum atomic E-state index is 12.9. The Morgan fingerprint density at radius 1 is 1.53 bits per heavy atom. The number of halogens is 1. The van der Waals surface area contributed by atoms with Crippen molar-refractivity contribution in [1.82, 2.24) is 0 Å². The van der Waals surface area contributed by atoms with Crippen molar-refractivity contribution in [3.8, 4) is 5.75 Å². The van der Waals surface area contributed by atoms with Gasteiger partial charge in [0.2, 0.25) is 0 Å². The Labute approximate surface area is 101 Å². The lowest BCUT2D eigenvalue weighted by Crippen LogP contribution is -2.00. The number of anilines is 1. The Bertz CT molecular complexity index is 463. The second-order valence-corrected chi connectivity index (χ2v) is 3.71. The average molecular weight is 233 g/mol. The van der Waals surface area contributed by atoms with Crippen molar-refractivity contribution >= 4 is 5.69 Å². The van der Waals surface area contributed by atoms with Gasteiger partial charge < -0.3 is 10.5 Å². The highest BCUT2D eigenvalue weighted by atomic mass is 19.1. The molecule has 0 bridgehead atoms. The van der Waals surface area contributed by atoms with Gasteiger partial charge in [-0.15, -0.1) is 0 Å². The van der Waals surface area contributed by atoms with Crippen LogP contribution < -0.4 is 10.5 Å². The Hall–Kier alpha value is -2.03. The van der Waals surface area contributed by atoms with Gasteiger partial charge in [-0.1, -0.05) is 13.2 Å². The second kappa shape index (κ2) is 5.89. The van der Waals surface area contributed by atoms with Crippen LogP contribution in [0.15, 0.2) is 54.9 Å². The Balaban J connectivity index is 2.62. The molecule has 0 heterocycles. The topological polar surface area (TPSA) is 35.2 Å². The van der Waals surface area contributed by atoms with E-state index in [-0.39, 0.29) is 6.61 Å². The fourth-order valence-electron chi connectivity index (χ4n) is 1.30. The van der Waals surface area contributed by atoms with Crippen LogP contribution in [0.2, 0.25) is 0 Å². The average Bonchev–Trinajstić information content (AvgIpc) is 2.27. The molecule has 2 N–H and O–H groups in total. The van der Waals surface area contributed by atoms with Crippen LogP contribution in [0.3, 0.4) is 0 Å². The lowest BCUT2D eigenvalue weighted by Gasteiger charge is -2.09. The molecule has 0 aliphatic rings. The Morgan fingerprint density at radius 2 is 2.24 bits per heavy atom. The zero-order valence-corrected chi connectivity index (χ0v) is 9.87. The summed E-state index contributed by atoms with van der Waals surface area (Å²) in [5.41, 5.74) is 7.79. The van der Waals surface area contributed by atoms with E-state index in [0.29, 0.717) is 17.0 Å². The minimum Gasteiger partial charge on any atom is -0.489 e. The van der Waals surface area contributed by atoms with Crippen molar-refractivity contribution in [2.75, 3.05) is 12.3 Å². The fourth-order valence-corrected chi connectivity index (χ4v) is 1.30. The fraction of sp³-hybridized carbons (Fsp3) is 0.143. The number of nitrogen functional groups attached to an aromatic ring is 1. The van der Waals surface area contributed by atoms with Crippen LogP contribution in [0, 0.1) is 6.92 Å². The van der Waals surface area contributed by atoms with Gasteiger partial charge in [-0.3, -0.25) is 0 Å². The minimum absolute atomic E-state index is 0.228. The van der Waals surface area contributed by atoms with Gasteiger partial charge in [0, 0.05) is 5.69 Å². The molecule has 0 amide bonds. The van der Waals surface area contributed by atoms with E-state index in [9.17, 15) is 4.39 Å². The van der Waals surface area contributed by atoms with Gasteiger partial charge in [0.25, 0.3) is 0 Å². The smallest absolute Gasteiger partial charge is 0.122 e. The third-order valence-corrected chi connectivity index (χ3v) is 2.15. The molecule has 0 fully saturated rings. The van der Waals surface area contributed by atoms with Crippen LogP contribution in [0.1, 0.15) is 5.56 Å². The van der Waals surface area contributed by atoms with Crippen LogP contribution in [0.25, 0.3) is 0 Å². The predicted molar refractivity (Wildman–Crippen MR) is 69.6 cm³/mol. The van der Waals surface area contributed by atoms with E-state index in [4.69, 9.17) is 10.5 Å². The third kappa shape index (κ3) is 4.15. The van der Waals surface area contributed by atoms with Gasteiger partial charge in [0.15, 0.2) is 0 Å². The molecule has 0 saturated heterocycles. The summed E-state index contributed by atoms with van der Waals surface area (Å²) in [5.74, 6) is 0.292. The zero-order chi connectivity index (χ0) is 12.8. The summed E-state index contributed by atoms with van der Waals surface area (Å²) < 4.78 is 18.3. The minimum atomic E-state index is -0.423. The molecule has 90 valence electrons. The van der Waals surface area contributed by atoms with Gasteiger partial charge in [-0.25, -0.2) is 4.39 Å². The molecule has 0 aliphatic carbocycles.